The van der Waals surface area contributed by atoms with E-state index in [0.717, 1.165) is 18.9 Å². The summed E-state index contributed by atoms with van der Waals surface area (Å²) in [5.74, 6) is 0.964. The molecule has 0 spiro atoms. The average Bonchev–Trinajstić information content (AvgIpc) is 2.65. The highest BCUT2D eigenvalue weighted by molar-refractivity contribution is 5.36. The van der Waals surface area contributed by atoms with Crippen molar-refractivity contribution in [3.63, 3.8) is 0 Å². The largest absolute Gasteiger partial charge is 0.383 e. The van der Waals surface area contributed by atoms with Gasteiger partial charge in [-0.2, -0.15) is 5.10 Å². The normalized spacial score (nSPS) is 10.6. The SMILES string of the molecule is COCCN(CCOC)c1ccn(C)n1. The summed E-state index contributed by atoms with van der Waals surface area (Å²) in [7, 11) is 5.31. The fourth-order valence-electron chi connectivity index (χ4n) is 1.32. The van der Waals surface area contributed by atoms with Crippen LogP contribution in [0.4, 0.5) is 5.82 Å². The van der Waals surface area contributed by atoms with Gasteiger partial charge in [-0.25, -0.2) is 0 Å². The molecule has 86 valence electrons. The van der Waals surface area contributed by atoms with Crippen molar-refractivity contribution >= 4 is 5.82 Å². The van der Waals surface area contributed by atoms with Crippen LogP contribution in [0, 0.1) is 0 Å². The lowest BCUT2D eigenvalue weighted by atomic mass is 10.4. The first-order valence-electron chi connectivity index (χ1n) is 5.00. The van der Waals surface area contributed by atoms with E-state index >= 15 is 0 Å². The molecule has 1 aromatic rings. The van der Waals surface area contributed by atoms with Gasteiger partial charge in [-0.1, -0.05) is 0 Å². The molecule has 1 rings (SSSR count). The molecular weight excluding hydrogens is 194 g/mol. The lowest BCUT2D eigenvalue weighted by Gasteiger charge is -2.21. The maximum absolute atomic E-state index is 5.06. The van der Waals surface area contributed by atoms with Crippen LogP contribution >= 0.6 is 0 Å². The number of methoxy groups -OCH3 is 2. The number of hydrogen-bond donors (Lipinski definition) is 0. The van der Waals surface area contributed by atoms with Crippen LogP contribution in [-0.2, 0) is 16.5 Å². The maximum atomic E-state index is 5.06. The van der Waals surface area contributed by atoms with Gasteiger partial charge < -0.3 is 14.4 Å². The summed E-state index contributed by atoms with van der Waals surface area (Å²) in [5, 5.41) is 4.35. The van der Waals surface area contributed by atoms with Crippen molar-refractivity contribution in [1.29, 1.82) is 0 Å². The predicted octanol–water partition coefficient (Wildman–Crippen LogP) is 0.519. The minimum Gasteiger partial charge on any atom is -0.383 e. The van der Waals surface area contributed by atoms with Gasteiger partial charge in [0.1, 0.15) is 0 Å². The molecule has 0 bridgehead atoms. The summed E-state index contributed by atoms with van der Waals surface area (Å²) in [6.07, 6.45) is 1.93. The summed E-state index contributed by atoms with van der Waals surface area (Å²) in [6.45, 7) is 3.05. The second-order valence-electron chi connectivity index (χ2n) is 3.32. The van der Waals surface area contributed by atoms with Crippen molar-refractivity contribution in [2.24, 2.45) is 7.05 Å². The Kier molecular flexibility index (Phi) is 5.14. The van der Waals surface area contributed by atoms with E-state index in [1.54, 1.807) is 18.9 Å². The number of aryl methyl sites for hydroxylation is 1. The number of anilines is 1. The first-order valence-corrected chi connectivity index (χ1v) is 5.00. The third-order valence-corrected chi connectivity index (χ3v) is 2.15. The molecule has 0 saturated heterocycles. The van der Waals surface area contributed by atoms with Crippen LogP contribution in [0.2, 0.25) is 0 Å². The van der Waals surface area contributed by atoms with E-state index in [1.807, 2.05) is 19.3 Å². The van der Waals surface area contributed by atoms with E-state index in [4.69, 9.17) is 9.47 Å². The molecule has 0 N–H and O–H groups in total. The predicted molar refractivity (Wildman–Crippen MR) is 59.2 cm³/mol. The van der Waals surface area contributed by atoms with Crippen LogP contribution in [-0.4, -0.2) is 50.3 Å². The lowest BCUT2D eigenvalue weighted by molar-refractivity contribution is 0.190. The van der Waals surface area contributed by atoms with Crippen LogP contribution in [0.3, 0.4) is 0 Å². The highest BCUT2D eigenvalue weighted by atomic mass is 16.5. The molecule has 0 fully saturated rings. The maximum Gasteiger partial charge on any atom is 0.150 e. The number of ether oxygens (including phenoxy) is 2. The van der Waals surface area contributed by atoms with Gasteiger partial charge in [0.2, 0.25) is 0 Å². The Labute approximate surface area is 90.6 Å². The van der Waals surface area contributed by atoms with Crippen molar-refractivity contribution < 1.29 is 9.47 Å². The third kappa shape index (κ3) is 3.89. The van der Waals surface area contributed by atoms with Gasteiger partial charge in [0.25, 0.3) is 0 Å². The summed E-state index contributed by atoms with van der Waals surface area (Å²) in [4.78, 5) is 2.15. The Morgan fingerprint density at radius 3 is 2.27 bits per heavy atom. The van der Waals surface area contributed by atoms with E-state index in [9.17, 15) is 0 Å². The minimum atomic E-state index is 0.695. The first kappa shape index (κ1) is 12.0. The van der Waals surface area contributed by atoms with E-state index in [-0.39, 0.29) is 0 Å². The van der Waals surface area contributed by atoms with Crippen LogP contribution in [0.25, 0.3) is 0 Å². The van der Waals surface area contributed by atoms with Crippen LogP contribution < -0.4 is 4.90 Å². The van der Waals surface area contributed by atoms with E-state index in [0.29, 0.717) is 13.2 Å². The summed E-state index contributed by atoms with van der Waals surface area (Å²) < 4.78 is 11.9. The molecule has 0 aliphatic heterocycles. The number of nitrogens with zero attached hydrogens (tertiary/aromatic N) is 3. The van der Waals surface area contributed by atoms with Gasteiger partial charge >= 0.3 is 0 Å². The molecule has 0 aliphatic carbocycles. The molecule has 0 unspecified atom stereocenters. The lowest BCUT2D eigenvalue weighted by Crippen LogP contribution is -2.31. The third-order valence-electron chi connectivity index (χ3n) is 2.15. The molecule has 0 aromatic carbocycles. The molecule has 0 aliphatic rings. The molecule has 0 amide bonds. The second-order valence-corrected chi connectivity index (χ2v) is 3.32. The molecular formula is C10H19N3O2. The Morgan fingerprint density at radius 2 is 1.87 bits per heavy atom. The van der Waals surface area contributed by atoms with Gasteiger partial charge in [0.05, 0.1) is 13.2 Å². The molecule has 5 heteroatoms. The topological polar surface area (TPSA) is 39.5 Å². The zero-order valence-electron chi connectivity index (χ0n) is 9.64. The van der Waals surface area contributed by atoms with Gasteiger partial charge in [-0.15, -0.1) is 0 Å². The van der Waals surface area contributed by atoms with Crippen molar-refractivity contribution in [3.8, 4) is 0 Å². The van der Waals surface area contributed by atoms with Gasteiger partial charge in [-0.3, -0.25) is 4.68 Å². The number of rotatable bonds is 7. The zero-order chi connectivity index (χ0) is 11.1. The van der Waals surface area contributed by atoms with E-state index < -0.39 is 0 Å². The van der Waals surface area contributed by atoms with Crippen molar-refractivity contribution in [2.45, 2.75) is 0 Å². The zero-order valence-corrected chi connectivity index (χ0v) is 9.64. The second kappa shape index (κ2) is 6.42. The van der Waals surface area contributed by atoms with Crippen molar-refractivity contribution in [1.82, 2.24) is 9.78 Å². The van der Waals surface area contributed by atoms with E-state index in [1.165, 1.54) is 0 Å². The molecule has 15 heavy (non-hydrogen) atoms. The first-order chi connectivity index (χ1) is 7.27. The Balaban J connectivity index is 2.54. The molecule has 0 radical (unpaired) electrons. The summed E-state index contributed by atoms with van der Waals surface area (Å²) in [5.41, 5.74) is 0. The van der Waals surface area contributed by atoms with Gasteiger partial charge in [-0.05, 0) is 0 Å². The van der Waals surface area contributed by atoms with Gasteiger partial charge in [0.15, 0.2) is 5.82 Å². The van der Waals surface area contributed by atoms with Crippen LogP contribution in [0.1, 0.15) is 0 Å². The van der Waals surface area contributed by atoms with Crippen LogP contribution in [0.5, 0.6) is 0 Å². The fourth-order valence-corrected chi connectivity index (χ4v) is 1.32. The minimum absolute atomic E-state index is 0.695. The molecule has 0 saturated carbocycles. The Morgan fingerprint density at radius 1 is 1.27 bits per heavy atom. The number of hydrogen-bond acceptors (Lipinski definition) is 4. The molecule has 5 nitrogen and oxygen atoms in total. The van der Waals surface area contributed by atoms with Crippen molar-refractivity contribution in [2.75, 3.05) is 45.4 Å². The van der Waals surface area contributed by atoms with Crippen LogP contribution in [0.15, 0.2) is 12.3 Å². The average molecular weight is 213 g/mol. The standard InChI is InChI=1S/C10H19N3O2/c1-12-5-4-10(11-12)13(6-8-14-2)7-9-15-3/h4-5H,6-9H2,1-3H3. The summed E-state index contributed by atoms with van der Waals surface area (Å²) in [6, 6.07) is 1.99. The number of aromatic nitrogens is 2. The van der Waals surface area contributed by atoms with E-state index in [2.05, 4.69) is 10.00 Å². The smallest absolute Gasteiger partial charge is 0.150 e. The quantitative estimate of drug-likeness (QED) is 0.662. The van der Waals surface area contributed by atoms with Crippen molar-refractivity contribution in [3.05, 3.63) is 12.3 Å². The highest BCUT2D eigenvalue weighted by Gasteiger charge is 2.08. The highest BCUT2D eigenvalue weighted by Crippen LogP contribution is 2.08. The molecule has 1 aromatic heterocycles. The fraction of sp³-hybridized carbons (Fsp3) is 0.700. The summed E-state index contributed by atoms with van der Waals surface area (Å²) >= 11 is 0. The molecule has 0 atom stereocenters. The Bertz CT molecular complexity index is 267. The van der Waals surface area contributed by atoms with Gasteiger partial charge in [0, 0.05) is 46.6 Å². The monoisotopic (exact) mass is 213 g/mol. The molecule has 1 heterocycles. The Hall–Kier alpha value is -1.07.